The monoisotopic (exact) mass is 293 g/mol. The Morgan fingerprint density at radius 1 is 1.14 bits per heavy atom. The SMILES string of the molecule is CCCCC(CC)CN1CCCCC1C1CCCCC1=O. The van der Waals surface area contributed by atoms with Crippen LogP contribution in [0.5, 0.6) is 0 Å². The number of carbonyl (C=O) groups is 1. The van der Waals surface area contributed by atoms with E-state index in [4.69, 9.17) is 0 Å². The van der Waals surface area contributed by atoms with Crippen molar-refractivity contribution in [3.8, 4) is 0 Å². The summed E-state index contributed by atoms with van der Waals surface area (Å²) >= 11 is 0. The largest absolute Gasteiger partial charge is 0.299 e. The minimum Gasteiger partial charge on any atom is -0.299 e. The van der Waals surface area contributed by atoms with Gasteiger partial charge in [-0.15, -0.1) is 0 Å². The van der Waals surface area contributed by atoms with E-state index in [1.54, 1.807) is 0 Å². The lowest BCUT2D eigenvalue weighted by atomic mass is 9.78. The van der Waals surface area contributed by atoms with E-state index in [1.165, 1.54) is 64.5 Å². The Morgan fingerprint density at radius 2 is 1.95 bits per heavy atom. The molecule has 1 saturated heterocycles. The van der Waals surface area contributed by atoms with E-state index < -0.39 is 0 Å². The Bertz CT molecular complexity index is 315. The molecule has 0 aromatic rings. The Labute approximate surface area is 131 Å². The van der Waals surface area contributed by atoms with Gasteiger partial charge in [-0.25, -0.2) is 0 Å². The number of rotatable bonds is 7. The number of Topliss-reactive ketones (excluding diaryl/α,β-unsaturated/α-hetero) is 1. The maximum atomic E-state index is 12.3. The summed E-state index contributed by atoms with van der Waals surface area (Å²) in [5.41, 5.74) is 0. The Morgan fingerprint density at radius 3 is 2.67 bits per heavy atom. The van der Waals surface area contributed by atoms with E-state index in [9.17, 15) is 4.79 Å². The maximum Gasteiger partial charge on any atom is 0.137 e. The van der Waals surface area contributed by atoms with Crippen LogP contribution in [0.2, 0.25) is 0 Å². The van der Waals surface area contributed by atoms with Crippen LogP contribution in [-0.2, 0) is 4.79 Å². The standard InChI is InChI=1S/C19H35NO/c1-3-5-10-16(4-2)15-20-14-9-8-12-18(20)17-11-6-7-13-19(17)21/h16-18H,3-15H2,1-2H3. The Balaban J connectivity index is 1.95. The molecule has 2 nitrogen and oxygen atoms in total. The first-order valence-corrected chi connectivity index (χ1v) is 9.53. The molecule has 2 rings (SSSR count). The van der Waals surface area contributed by atoms with Crippen LogP contribution in [0.25, 0.3) is 0 Å². The zero-order valence-corrected chi connectivity index (χ0v) is 14.3. The molecular weight excluding hydrogens is 258 g/mol. The predicted molar refractivity (Wildman–Crippen MR) is 89.5 cm³/mol. The molecule has 0 bridgehead atoms. The average Bonchev–Trinajstić information content (AvgIpc) is 2.52. The number of unbranched alkanes of at least 4 members (excludes halogenated alkanes) is 1. The van der Waals surface area contributed by atoms with Gasteiger partial charge in [0.05, 0.1) is 0 Å². The second kappa shape index (κ2) is 8.92. The number of likely N-dealkylation sites (tertiary alicyclic amines) is 1. The van der Waals surface area contributed by atoms with Gasteiger partial charge in [0.2, 0.25) is 0 Å². The molecule has 0 N–H and O–H groups in total. The first-order chi connectivity index (χ1) is 10.3. The zero-order chi connectivity index (χ0) is 15.1. The summed E-state index contributed by atoms with van der Waals surface area (Å²) in [6, 6.07) is 0.572. The Hall–Kier alpha value is -0.370. The van der Waals surface area contributed by atoms with Crippen molar-refractivity contribution in [3.05, 3.63) is 0 Å². The summed E-state index contributed by atoms with van der Waals surface area (Å²) in [4.78, 5) is 15.0. The van der Waals surface area contributed by atoms with Crippen molar-refractivity contribution in [1.82, 2.24) is 4.90 Å². The minimum absolute atomic E-state index is 0.364. The van der Waals surface area contributed by atoms with Gasteiger partial charge in [-0.1, -0.05) is 46.0 Å². The lowest BCUT2D eigenvalue weighted by Crippen LogP contribution is -2.49. The van der Waals surface area contributed by atoms with Gasteiger partial charge in [0.15, 0.2) is 0 Å². The van der Waals surface area contributed by atoms with Crippen LogP contribution in [0.4, 0.5) is 0 Å². The third-order valence-corrected chi connectivity index (χ3v) is 5.77. The van der Waals surface area contributed by atoms with Crippen molar-refractivity contribution in [2.24, 2.45) is 11.8 Å². The molecule has 0 aromatic carbocycles. The summed E-state index contributed by atoms with van der Waals surface area (Å²) in [6.45, 7) is 7.10. The fraction of sp³-hybridized carbons (Fsp3) is 0.947. The average molecular weight is 293 g/mol. The molecular formula is C19H35NO. The minimum atomic E-state index is 0.364. The van der Waals surface area contributed by atoms with E-state index in [2.05, 4.69) is 18.7 Å². The van der Waals surface area contributed by atoms with Crippen molar-refractivity contribution in [2.45, 2.75) is 90.5 Å². The van der Waals surface area contributed by atoms with Crippen LogP contribution < -0.4 is 0 Å². The quantitative estimate of drug-likeness (QED) is 0.671. The molecule has 2 heteroatoms. The number of carbonyl (C=O) groups excluding carboxylic acids is 1. The smallest absolute Gasteiger partial charge is 0.137 e. The van der Waals surface area contributed by atoms with E-state index in [-0.39, 0.29) is 0 Å². The van der Waals surface area contributed by atoms with E-state index in [1.807, 2.05) is 0 Å². The first kappa shape index (κ1) is 17.0. The highest BCUT2D eigenvalue weighted by Gasteiger charge is 2.35. The van der Waals surface area contributed by atoms with E-state index in [0.29, 0.717) is 17.7 Å². The normalized spacial score (nSPS) is 29.5. The van der Waals surface area contributed by atoms with Crippen molar-refractivity contribution >= 4 is 5.78 Å². The topological polar surface area (TPSA) is 20.3 Å². The van der Waals surface area contributed by atoms with Gasteiger partial charge in [0.1, 0.15) is 5.78 Å². The molecule has 3 atom stereocenters. The van der Waals surface area contributed by atoms with Crippen LogP contribution >= 0.6 is 0 Å². The van der Waals surface area contributed by atoms with Crippen LogP contribution in [0, 0.1) is 11.8 Å². The molecule has 0 aromatic heterocycles. The second-order valence-corrected chi connectivity index (χ2v) is 7.29. The molecule has 21 heavy (non-hydrogen) atoms. The van der Waals surface area contributed by atoms with Gasteiger partial charge < -0.3 is 0 Å². The third-order valence-electron chi connectivity index (χ3n) is 5.77. The van der Waals surface area contributed by atoms with Gasteiger partial charge in [-0.05, 0) is 44.6 Å². The number of hydrogen-bond acceptors (Lipinski definition) is 2. The fourth-order valence-electron chi connectivity index (χ4n) is 4.36. The molecule has 1 heterocycles. The molecule has 1 aliphatic carbocycles. The Kier molecular flexibility index (Phi) is 7.22. The highest BCUT2D eigenvalue weighted by atomic mass is 16.1. The molecule has 3 unspecified atom stereocenters. The maximum absolute atomic E-state index is 12.3. The zero-order valence-electron chi connectivity index (χ0n) is 14.3. The molecule has 2 fully saturated rings. The molecule has 1 saturated carbocycles. The lowest BCUT2D eigenvalue weighted by Gasteiger charge is -2.42. The fourth-order valence-corrected chi connectivity index (χ4v) is 4.36. The number of hydrogen-bond donors (Lipinski definition) is 0. The van der Waals surface area contributed by atoms with Crippen molar-refractivity contribution in [3.63, 3.8) is 0 Å². The van der Waals surface area contributed by atoms with E-state index in [0.717, 1.165) is 25.2 Å². The first-order valence-electron chi connectivity index (χ1n) is 9.53. The van der Waals surface area contributed by atoms with Gasteiger partial charge in [0, 0.05) is 24.9 Å². The van der Waals surface area contributed by atoms with Crippen molar-refractivity contribution < 1.29 is 4.79 Å². The number of piperidine rings is 1. The third kappa shape index (κ3) is 4.81. The second-order valence-electron chi connectivity index (χ2n) is 7.29. The summed E-state index contributed by atoms with van der Waals surface area (Å²) in [5, 5.41) is 0. The van der Waals surface area contributed by atoms with Gasteiger partial charge >= 0.3 is 0 Å². The molecule has 2 aliphatic rings. The summed E-state index contributed by atoms with van der Waals surface area (Å²) in [7, 11) is 0. The predicted octanol–water partition coefficient (Wildman–Crippen LogP) is 4.82. The summed E-state index contributed by atoms with van der Waals surface area (Å²) in [6.07, 6.45) is 13.7. The molecule has 122 valence electrons. The number of nitrogens with zero attached hydrogens (tertiary/aromatic N) is 1. The highest BCUT2D eigenvalue weighted by Crippen LogP contribution is 2.32. The number of ketones is 1. The van der Waals surface area contributed by atoms with E-state index >= 15 is 0 Å². The van der Waals surface area contributed by atoms with Crippen LogP contribution in [-0.4, -0.2) is 29.8 Å². The molecule has 0 radical (unpaired) electrons. The van der Waals surface area contributed by atoms with Crippen LogP contribution in [0.3, 0.4) is 0 Å². The molecule has 1 aliphatic heterocycles. The van der Waals surface area contributed by atoms with Gasteiger partial charge in [-0.3, -0.25) is 9.69 Å². The van der Waals surface area contributed by atoms with Crippen molar-refractivity contribution in [1.29, 1.82) is 0 Å². The van der Waals surface area contributed by atoms with Gasteiger partial charge in [-0.2, -0.15) is 0 Å². The summed E-state index contributed by atoms with van der Waals surface area (Å²) in [5.74, 6) is 1.77. The van der Waals surface area contributed by atoms with Crippen LogP contribution in [0.1, 0.15) is 84.5 Å². The lowest BCUT2D eigenvalue weighted by molar-refractivity contribution is -0.127. The molecule has 0 amide bonds. The van der Waals surface area contributed by atoms with Crippen LogP contribution in [0.15, 0.2) is 0 Å². The highest BCUT2D eigenvalue weighted by molar-refractivity contribution is 5.82. The van der Waals surface area contributed by atoms with Gasteiger partial charge in [0.25, 0.3) is 0 Å². The summed E-state index contributed by atoms with van der Waals surface area (Å²) < 4.78 is 0. The molecule has 0 spiro atoms. The van der Waals surface area contributed by atoms with Crippen molar-refractivity contribution in [2.75, 3.05) is 13.1 Å².